The van der Waals surface area contributed by atoms with Crippen LogP contribution in [0.15, 0.2) is 0 Å². The normalized spacial score (nSPS) is 27.6. The summed E-state index contributed by atoms with van der Waals surface area (Å²) in [5.74, 6) is 0.895. The van der Waals surface area contributed by atoms with E-state index in [1.165, 1.54) is 25.9 Å². The minimum Gasteiger partial charge on any atom is -0.395 e. The van der Waals surface area contributed by atoms with Gasteiger partial charge in [-0.15, -0.1) is 0 Å². The Morgan fingerprint density at radius 3 is 2.90 bits per heavy atom. The summed E-state index contributed by atoms with van der Waals surface area (Å²) in [5, 5.41) is 8.64. The summed E-state index contributed by atoms with van der Waals surface area (Å²) in [6.07, 6.45) is 2.62. The summed E-state index contributed by atoms with van der Waals surface area (Å²) in [5.41, 5.74) is 0. The second-order valence-corrected chi connectivity index (χ2v) is 3.09. The van der Waals surface area contributed by atoms with Gasteiger partial charge in [-0.25, -0.2) is 0 Å². The smallest absolute Gasteiger partial charge is 0.0558 e. The molecule has 1 heterocycles. The van der Waals surface area contributed by atoms with Crippen molar-refractivity contribution in [3.05, 3.63) is 0 Å². The van der Waals surface area contributed by atoms with Gasteiger partial charge in [0.2, 0.25) is 0 Å². The molecular formula is C8H17NO. The summed E-state index contributed by atoms with van der Waals surface area (Å²) in [6, 6.07) is 0. The fourth-order valence-electron chi connectivity index (χ4n) is 1.59. The predicted molar refractivity (Wildman–Crippen MR) is 41.9 cm³/mol. The van der Waals surface area contributed by atoms with E-state index < -0.39 is 0 Å². The topological polar surface area (TPSA) is 23.5 Å². The van der Waals surface area contributed by atoms with E-state index in [0.29, 0.717) is 6.61 Å². The maximum absolute atomic E-state index is 8.64. The Kier molecular flexibility index (Phi) is 3.16. The third-order valence-electron chi connectivity index (χ3n) is 2.36. The van der Waals surface area contributed by atoms with Crippen molar-refractivity contribution in [1.29, 1.82) is 0 Å². The number of hydrogen-bond donors (Lipinski definition) is 1. The largest absolute Gasteiger partial charge is 0.395 e. The van der Waals surface area contributed by atoms with Crippen LogP contribution in [0.1, 0.15) is 19.8 Å². The average Bonchev–Trinajstić information content (AvgIpc) is 2.37. The highest BCUT2D eigenvalue weighted by molar-refractivity contribution is 4.73. The zero-order chi connectivity index (χ0) is 7.40. The molecule has 1 fully saturated rings. The summed E-state index contributed by atoms with van der Waals surface area (Å²) in [6.45, 7) is 5.83. The van der Waals surface area contributed by atoms with Crippen LogP contribution in [0, 0.1) is 5.92 Å². The van der Waals surface area contributed by atoms with Crippen LogP contribution in [0.25, 0.3) is 0 Å². The van der Waals surface area contributed by atoms with E-state index in [2.05, 4.69) is 11.8 Å². The number of β-amino-alcohol motifs (C(OH)–C–C–N with tert-alkyl or cyclic N) is 1. The van der Waals surface area contributed by atoms with Gasteiger partial charge in [-0.05, 0) is 18.9 Å². The molecule has 10 heavy (non-hydrogen) atoms. The fraction of sp³-hybridized carbons (Fsp3) is 1.00. The number of rotatable bonds is 3. The molecule has 0 spiro atoms. The number of nitrogens with zero attached hydrogens (tertiary/aromatic N) is 1. The van der Waals surface area contributed by atoms with Gasteiger partial charge in [0, 0.05) is 13.1 Å². The summed E-state index contributed by atoms with van der Waals surface area (Å²) >= 11 is 0. The summed E-state index contributed by atoms with van der Waals surface area (Å²) in [4.78, 5) is 2.34. The standard InChI is InChI=1S/C8H17NO/c1-2-8-3-4-9(7-8)5-6-10/h8,10H,2-7H2,1H3. The van der Waals surface area contributed by atoms with Gasteiger partial charge < -0.3 is 10.0 Å². The third-order valence-corrected chi connectivity index (χ3v) is 2.36. The molecular weight excluding hydrogens is 126 g/mol. The highest BCUT2D eigenvalue weighted by atomic mass is 16.3. The van der Waals surface area contributed by atoms with Crippen molar-refractivity contribution in [1.82, 2.24) is 4.90 Å². The molecule has 1 saturated heterocycles. The molecule has 0 bridgehead atoms. The first kappa shape index (κ1) is 8.02. The van der Waals surface area contributed by atoms with Crippen molar-refractivity contribution in [2.45, 2.75) is 19.8 Å². The molecule has 0 aliphatic carbocycles. The Hall–Kier alpha value is -0.0800. The van der Waals surface area contributed by atoms with Gasteiger partial charge in [-0.2, -0.15) is 0 Å². The Labute approximate surface area is 62.8 Å². The van der Waals surface area contributed by atoms with Crippen molar-refractivity contribution >= 4 is 0 Å². The Balaban J connectivity index is 2.15. The molecule has 1 unspecified atom stereocenters. The minimum atomic E-state index is 0.316. The Morgan fingerprint density at radius 1 is 1.60 bits per heavy atom. The van der Waals surface area contributed by atoms with E-state index in [1.54, 1.807) is 0 Å². The third kappa shape index (κ3) is 1.96. The van der Waals surface area contributed by atoms with Crippen molar-refractivity contribution < 1.29 is 5.11 Å². The molecule has 1 N–H and O–H groups in total. The van der Waals surface area contributed by atoms with Crippen molar-refractivity contribution in [3.8, 4) is 0 Å². The van der Waals surface area contributed by atoms with Gasteiger partial charge >= 0.3 is 0 Å². The van der Waals surface area contributed by atoms with Crippen LogP contribution in [0.3, 0.4) is 0 Å². The molecule has 2 heteroatoms. The second kappa shape index (κ2) is 3.94. The van der Waals surface area contributed by atoms with E-state index in [9.17, 15) is 0 Å². The SMILES string of the molecule is CCC1CCN(CCO)C1. The molecule has 0 radical (unpaired) electrons. The van der Waals surface area contributed by atoms with E-state index in [0.717, 1.165) is 12.5 Å². The minimum absolute atomic E-state index is 0.316. The van der Waals surface area contributed by atoms with E-state index in [-0.39, 0.29) is 0 Å². The first-order chi connectivity index (χ1) is 4.86. The Morgan fingerprint density at radius 2 is 2.40 bits per heavy atom. The molecule has 0 saturated carbocycles. The lowest BCUT2D eigenvalue weighted by molar-refractivity contribution is 0.217. The molecule has 0 aromatic rings. The second-order valence-electron chi connectivity index (χ2n) is 3.09. The predicted octanol–water partition coefficient (Wildman–Crippen LogP) is 0.711. The molecule has 0 aromatic heterocycles. The molecule has 0 aromatic carbocycles. The zero-order valence-corrected chi connectivity index (χ0v) is 6.71. The molecule has 1 aliphatic rings. The average molecular weight is 143 g/mol. The quantitative estimate of drug-likeness (QED) is 0.629. The number of aliphatic hydroxyl groups excluding tert-OH is 1. The van der Waals surface area contributed by atoms with Crippen LogP contribution >= 0.6 is 0 Å². The monoisotopic (exact) mass is 143 g/mol. The lowest BCUT2D eigenvalue weighted by Crippen LogP contribution is -2.23. The first-order valence-corrected chi connectivity index (χ1v) is 4.20. The fourth-order valence-corrected chi connectivity index (χ4v) is 1.59. The summed E-state index contributed by atoms with van der Waals surface area (Å²) < 4.78 is 0. The lowest BCUT2D eigenvalue weighted by Gasteiger charge is -2.12. The van der Waals surface area contributed by atoms with Gasteiger partial charge in [-0.1, -0.05) is 13.3 Å². The van der Waals surface area contributed by atoms with Gasteiger partial charge in [-0.3, -0.25) is 0 Å². The molecule has 1 aliphatic heterocycles. The molecule has 1 atom stereocenters. The van der Waals surface area contributed by atoms with Crippen LogP contribution < -0.4 is 0 Å². The van der Waals surface area contributed by atoms with Crippen LogP contribution in [-0.4, -0.2) is 36.2 Å². The highest BCUT2D eigenvalue weighted by Gasteiger charge is 2.19. The highest BCUT2D eigenvalue weighted by Crippen LogP contribution is 2.17. The molecule has 2 nitrogen and oxygen atoms in total. The zero-order valence-electron chi connectivity index (χ0n) is 6.71. The lowest BCUT2D eigenvalue weighted by atomic mass is 10.1. The van der Waals surface area contributed by atoms with Crippen LogP contribution in [0.5, 0.6) is 0 Å². The summed E-state index contributed by atoms with van der Waals surface area (Å²) in [7, 11) is 0. The van der Waals surface area contributed by atoms with Crippen LogP contribution in [0.4, 0.5) is 0 Å². The van der Waals surface area contributed by atoms with E-state index in [1.807, 2.05) is 0 Å². The van der Waals surface area contributed by atoms with Crippen molar-refractivity contribution in [2.75, 3.05) is 26.2 Å². The molecule has 60 valence electrons. The van der Waals surface area contributed by atoms with Gasteiger partial charge in [0.05, 0.1) is 6.61 Å². The maximum atomic E-state index is 8.64. The van der Waals surface area contributed by atoms with Crippen LogP contribution in [0.2, 0.25) is 0 Å². The van der Waals surface area contributed by atoms with Crippen LogP contribution in [-0.2, 0) is 0 Å². The molecule has 1 rings (SSSR count). The van der Waals surface area contributed by atoms with Crippen molar-refractivity contribution in [2.24, 2.45) is 5.92 Å². The van der Waals surface area contributed by atoms with Crippen molar-refractivity contribution in [3.63, 3.8) is 0 Å². The maximum Gasteiger partial charge on any atom is 0.0558 e. The number of aliphatic hydroxyl groups is 1. The molecule has 0 amide bonds. The first-order valence-electron chi connectivity index (χ1n) is 4.20. The Bertz CT molecular complexity index is 95.3. The van der Waals surface area contributed by atoms with E-state index >= 15 is 0 Å². The van der Waals surface area contributed by atoms with Gasteiger partial charge in [0.25, 0.3) is 0 Å². The van der Waals surface area contributed by atoms with E-state index in [4.69, 9.17) is 5.11 Å². The van der Waals surface area contributed by atoms with Gasteiger partial charge in [0.15, 0.2) is 0 Å². The number of likely N-dealkylation sites (tertiary alicyclic amines) is 1. The van der Waals surface area contributed by atoms with Gasteiger partial charge in [0.1, 0.15) is 0 Å². The number of hydrogen-bond acceptors (Lipinski definition) is 2.